The largest absolute Gasteiger partial charge is 1.00 e. The number of hydrogen-bond acceptors (Lipinski definition) is 3. The van der Waals surface area contributed by atoms with Gasteiger partial charge in [-0.15, -0.1) is 0 Å². The van der Waals surface area contributed by atoms with Crippen molar-refractivity contribution in [3.63, 3.8) is 0 Å². The number of nitrogens with two attached hydrogens (primary N) is 1. The van der Waals surface area contributed by atoms with E-state index in [4.69, 9.17) is 18.0 Å². The lowest BCUT2D eigenvalue weighted by Gasteiger charge is -2.39. The molecule has 0 spiro atoms. The van der Waals surface area contributed by atoms with E-state index in [0.29, 0.717) is 10.2 Å². The molecule has 0 unspecified atom stereocenters. The van der Waals surface area contributed by atoms with Crippen molar-refractivity contribution in [2.75, 3.05) is 25.4 Å². The second-order valence-electron chi connectivity index (χ2n) is 5.13. The minimum absolute atomic E-state index is 0. The number of nitrogen functional groups attached to an aromatic ring is 1. The van der Waals surface area contributed by atoms with E-state index in [2.05, 4.69) is 0 Å². The number of quaternary nitrogens is 1. The van der Waals surface area contributed by atoms with Crippen molar-refractivity contribution in [1.82, 2.24) is 0 Å². The van der Waals surface area contributed by atoms with Gasteiger partial charge in [-0.3, -0.25) is 4.48 Å². The first-order valence-electron chi connectivity index (χ1n) is 6.52. The van der Waals surface area contributed by atoms with Crippen LogP contribution >= 0.6 is 12.2 Å². The third-order valence-corrected chi connectivity index (χ3v) is 4.32. The third kappa shape index (κ3) is 3.77. The Bertz CT molecular complexity index is 484. The van der Waals surface area contributed by atoms with E-state index < -0.39 is 5.97 Å². The van der Waals surface area contributed by atoms with Crippen molar-refractivity contribution < 1.29 is 31.4 Å². The van der Waals surface area contributed by atoms with Crippen LogP contribution in [0.3, 0.4) is 0 Å². The molecule has 1 heterocycles. The van der Waals surface area contributed by atoms with Crippen LogP contribution in [-0.4, -0.2) is 40.2 Å². The smallest absolute Gasteiger partial charge is 0.359 e. The van der Waals surface area contributed by atoms with Crippen LogP contribution < -0.4 is 22.7 Å². The Hall–Kier alpha value is -0.980. The van der Waals surface area contributed by atoms with Gasteiger partial charge in [0.1, 0.15) is 0 Å². The Labute approximate surface area is 134 Å². The number of hydrogen-bond donors (Lipinski definition) is 2. The zero-order valence-corrected chi connectivity index (χ0v) is 13.6. The van der Waals surface area contributed by atoms with Crippen LogP contribution in [0.1, 0.15) is 24.8 Å². The highest BCUT2D eigenvalue weighted by Crippen LogP contribution is 2.24. The molecule has 1 aromatic rings. The number of aliphatic carboxylic acids is 1. The zero-order chi connectivity index (χ0) is 13.9. The molecular weight excluding hydrogens is 340 g/mol. The fourth-order valence-electron chi connectivity index (χ4n) is 2.71. The van der Waals surface area contributed by atoms with E-state index in [9.17, 15) is 9.90 Å². The van der Waals surface area contributed by atoms with Gasteiger partial charge in [0.15, 0.2) is 6.54 Å². The SMILES string of the molecule is Nc1ccc(C(=S)[N+]2(CC(=O)O)CCCCC2)cc1.[Br-]. The van der Waals surface area contributed by atoms with E-state index in [1.165, 1.54) is 0 Å². The summed E-state index contributed by atoms with van der Waals surface area (Å²) in [6.45, 7) is 1.70. The molecule has 1 aliphatic heterocycles. The topological polar surface area (TPSA) is 63.3 Å². The summed E-state index contributed by atoms with van der Waals surface area (Å²) in [5.41, 5.74) is 7.28. The lowest BCUT2D eigenvalue weighted by Crippen LogP contribution is -3.00. The van der Waals surface area contributed by atoms with Gasteiger partial charge in [0, 0.05) is 11.3 Å². The minimum Gasteiger partial charge on any atom is -1.00 e. The van der Waals surface area contributed by atoms with Crippen LogP contribution in [0.5, 0.6) is 0 Å². The molecule has 0 bridgehead atoms. The van der Waals surface area contributed by atoms with Gasteiger partial charge in [0.25, 0.3) is 0 Å². The van der Waals surface area contributed by atoms with Crippen molar-refractivity contribution >= 4 is 28.9 Å². The van der Waals surface area contributed by atoms with Gasteiger partial charge in [-0.05, 0) is 55.7 Å². The molecule has 0 radical (unpaired) electrons. The van der Waals surface area contributed by atoms with Crippen LogP contribution in [0.4, 0.5) is 5.69 Å². The summed E-state index contributed by atoms with van der Waals surface area (Å²) in [5.74, 6) is -0.792. The average Bonchev–Trinajstić information content (AvgIpc) is 2.39. The van der Waals surface area contributed by atoms with Gasteiger partial charge in [0.05, 0.1) is 13.1 Å². The van der Waals surface area contributed by atoms with Gasteiger partial charge < -0.3 is 27.8 Å². The van der Waals surface area contributed by atoms with Crippen LogP contribution in [-0.2, 0) is 4.79 Å². The molecule has 1 saturated heterocycles. The monoisotopic (exact) mass is 358 g/mol. The lowest BCUT2D eigenvalue weighted by molar-refractivity contribution is -0.836. The fraction of sp³-hybridized carbons (Fsp3) is 0.429. The first-order valence-corrected chi connectivity index (χ1v) is 6.93. The Balaban J connectivity index is 0.00000200. The molecule has 4 nitrogen and oxygen atoms in total. The summed E-state index contributed by atoms with van der Waals surface area (Å²) in [6.07, 6.45) is 3.22. The summed E-state index contributed by atoms with van der Waals surface area (Å²) in [5, 5.41) is 9.18. The predicted octanol–water partition coefficient (Wildman–Crippen LogP) is -0.966. The van der Waals surface area contributed by atoms with Crippen molar-refractivity contribution in [2.45, 2.75) is 19.3 Å². The number of rotatable bonds is 3. The zero-order valence-electron chi connectivity index (χ0n) is 11.2. The number of thiocarbonyl (C=S) groups is 1. The minimum atomic E-state index is -0.792. The average molecular weight is 359 g/mol. The van der Waals surface area contributed by atoms with Gasteiger partial charge in [0.2, 0.25) is 4.99 Å². The molecular formula is C14H19BrN2O2S. The third-order valence-electron chi connectivity index (χ3n) is 3.70. The maximum Gasteiger partial charge on any atom is 0.359 e. The molecule has 3 N–H and O–H groups in total. The molecule has 0 amide bonds. The number of anilines is 1. The Morgan fingerprint density at radius 2 is 1.75 bits per heavy atom. The first-order chi connectivity index (χ1) is 9.03. The molecule has 20 heavy (non-hydrogen) atoms. The molecule has 6 heteroatoms. The van der Waals surface area contributed by atoms with Crippen LogP contribution in [0.2, 0.25) is 0 Å². The second kappa shape index (κ2) is 7.15. The highest BCUT2D eigenvalue weighted by Gasteiger charge is 2.37. The maximum absolute atomic E-state index is 11.2. The quantitative estimate of drug-likeness (QED) is 0.414. The van der Waals surface area contributed by atoms with Gasteiger partial charge in [-0.25, -0.2) is 4.79 Å². The summed E-state index contributed by atoms with van der Waals surface area (Å²) in [6, 6.07) is 7.38. The number of carboxylic acid groups (broad SMARTS) is 1. The summed E-state index contributed by atoms with van der Waals surface area (Å²) in [4.78, 5) is 11.9. The molecule has 1 fully saturated rings. The molecule has 2 rings (SSSR count). The number of benzene rings is 1. The number of carboxylic acids is 1. The number of carbonyl (C=O) groups is 1. The Kier molecular flexibility index (Phi) is 6.10. The van der Waals surface area contributed by atoms with E-state index >= 15 is 0 Å². The standard InChI is InChI=1S/C14H18N2O2S.BrH/c15-12-6-4-11(5-7-12)14(19)16(10-13(17)18)8-2-1-3-9-16;/h4-7H,1-3,8-10H2,(H2-,15,17,18,19);1H. The molecule has 0 atom stereocenters. The molecule has 0 saturated carbocycles. The Morgan fingerprint density at radius 3 is 2.25 bits per heavy atom. The normalized spacial score (nSPS) is 17.0. The number of halogens is 1. The fourth-order valence-corrected chi connectivity index (χ4v) is 3.09. The summed E-state index contributed by atoms with van der Waals surface area (Å²) < 4.78 is 0.397. The second-order valence-corrected chi connectivity index (χ2v) is 5.52. The van der Waals surface area contributed by atoms with Gasteiger partial charge in [-0.1, -0.05) is 0 Å². The first kappa shape index (κ1) is 17.1. The molecule has 0 aliphatic carbocycles. The highest BCUT2D eigenvalue weighted by atomic mass is 79.9. The van der Waals surface area contributed by atoms with E-state index in [1.807, 2.05) is 24.3 Å². The van der Waals surface area contributed by atoms with Gasteiger partial charge >= 0.3 is 5.97 Å². The van der Waals surface area contributed by atoms with Crippen molar-refractivity contribution in [3.8, 4) is 0 Å². The molecule has 110 valence electrons. The van der Waals surface area contributed by atoms with E-state index in [-0.39, 0.29) is 23.5 Å². The molecule has 1 aliphatic rings. The van der Waals surface area contributed by atoms with Crippen molar-refractivity contribution in [2.24, 2.45) is 0 Å². The number of likely N-dealkylation sites (tertiary alicyclic amines) is 1. The summed E-state index contributed by atoms with van der Waals surface area (Å²) in [7, 11) is 0. The van der Waals surface area contributed by atoms with E-state index in [0.717, 1.165) is 42.9 Å². The molecule has 0 aromatic heterocycles. The lowest BCUT2D eigenvalue weighted by atomic mass is 10.0. The number of piperidine rings is 1. The van der Waals surface area contributed by atoms with Crippen LogP contribution in [0.25, 0.3) is 0 Å². The number of nitrogens with zero attached hydrogens (tertiary/aromatic N) is 1. The summed E-state index contributed by atoms with van der Waals surface area (Å²) >= 11 is 5.58. The Morgan fingerprint density at radius 1 is 1.20 bits per heavy atom. The highest BCUT2D eigenvalue weighted by molar-refractivity contribution is 7.80. The maximum atomic E-state index is 11.2. The van der Waals surface area contributed by atoms with Crippen LogP contribution in [0, 0.1) is 0 Å². The van der Waals surface area contributed by atoms with Crippen molar-refractivity contribution in [3.05, 3.63) is 29.8 Å². The molecule has 1 aromatic carbocycles. The van der Waals surface area contributed by atoms with Crippen molar-refractivity contribution in [1.29, 1.82) is 0 Å². The van der Waals surface area contributed by atoms with Crippen LogP contribution in [0.15, 0.2) is 24.3 Å². The predicted molar refractivity (Wildman–Crippen MR) is 78.9 cm³/mol. The van der Waals surface area contributed by atoms with Gasteiger partial charge in [-0.2, -0.15) is 0 Å². The van der Waals surface area contributed by atoms with E-state index in [1.54, 1.807) is 0 Å².